The number of fused-ring (bicyclic) bond motifs is 1. The quantitative estimate of drug-likeness (QED) is 0.477. The zero-order chi connectivity index (χ0) is 21.3. The molecular formula is C25H28N2O2S. The van der Waals surface area contributed by atoms with Crippen LogP contribution in [-0.4, -0.2) is 17.0 Å². The van der Waals surface area contributed by atoms with Crippen molar-refractivity contribution >= 4 is 22.9 Å². The third-order valence-corrected chi connectivity index (χ3v) is 6.37. The standard InChI is InChI=1S/C25H28N2O2S/c1-5-6-24-26-21(15-30-24)20-11-12-23-22(13-20)27(25(28)17(4)29-23)14-18-7-9-19(10-8-18)16(2)3/h7-13,15-17H,5-6,14H2,1-4H3. The van der Waals surface area contributed by atoms with E-state index in [0.29, 0.717) is 12.5 Å². The highest BCUT2D eigenvalue weighted by Gasteiger charge is 2.32. The molecule has 1 unspecified atom stereocenters. The normalized spacial score (nSPS) is 16.0. The Balaban J connectivity index is 1.66. The molecular weight excluding hydrogens is 392 g/mol. The third kappa shape index (κ3) is 4.12. The molecule has 156 valence electrons. The number of carbonyl (C=O) groups is 1. The zero-order valence-corrected chi connectivity index (χ0v) is 18.8. The van der Waals surface area contributed by atoms with Crippen molar-refractivity contribution in [1.29, 1.82) is 0 Å². The molecule has 3 aromatic rings. The molecule has 4 nitrogen and oxygen atoms in total. The lowest BCUT2D eigenvalue weighted by molar-refractivity contribution is -0.125. The van der Waals surface area contributed by atoms with E-state index in [1.54, 1.807) is 11.3 Å². The van der Waals surface area contributed by atoms with Crippen molar-refractivity contribution in [2.75, 3.05) is 4.90 Å². The second-order valence-electron chi connectivity index (χ2n) is 8.14. The molecule has 0 spiro atoms. The van der Waals surface area contributed by atoms with Crippen molar-refractivity contribution in [3.05, 3.63) is 64.0 Å². The van der Waals surface area contributed by atoms with E-state index in [2.05, 4.69) is 50.4 Å². The summed E-state index contributed by atoms with van der Waals surface area (Å²) in [5.74, 6) is 1.22. The molecule has 0 N–H and O–H groups in total. The van der Waals surface area contributed by atoms with Crippen molar-refractivity contribution in [3.63, 3.8) is 0 Å². The lowest BCUT2D eigenvalue weighted by atomic mass is 10.0. The molecule has 5 heteroatoms. The molecule has 1 aliphatic heterocycles. The van der Waals surface area contributed by atoms with Crippen LogP contribution >= 0.6 is 11.3 Å². The molecule has 0 saturated heterocycles. The average molecular weight is 421 g/mol. The Bertz CT molecular complexity index is 1040. The van der Waals surface area contributed by atoms with Crippen LogP contribution in [0.4, 0.5) is 5.69 Å². The first-order valence-electron chi connectivity index (χ1n) is 10.6. The van der Waals surface area contributed by atoms with Crippen LogP contribution in [0.25, 0.3) is 11.3 Å². The lowest BCUT2D eigenvalue weighted by Gasteiger charge is -2.33. The fourth-order valence-corrected chi connectivity index (χ4v) is 4.60. The number of hydrogen-bond acceptors (Lipinski definition) is 4. The number of benzene rings is 2. The Labute approximate surface area is 182 Å². The first-order valence-corrected chi connectivity index (χ1v) is 11.5. The van der Waals surface area contributed by atoms with Gasteiger partial charge >= 0.3 is 0 Å². The van der Waals surface area contributed by atoms with E-state index in [1.807, 2.05) is 30.0 Å². The monoisotopic (exact) mass is 420 g/mol. The fraction of sp³-hybridized carbons (Fsp3) is 0.360. The summed E-state index contributed by atoms with van der Waals surface area (Å²) < 4.78 is 5.89. The first-order chi connectivity index (χ1) is 14.5. The van der Waals surface area contributed by atoms with Gasteiger partial charge in [0.25, 0.3) is 5.91 Å². The maximum Gasteiger partial charge on any atom is 0.268 e. The predicted octanol–water partition coefficient (Wildman–Crippen LogP) is 6.20. The van der Waals surface area contributed by atoms with Crippen molar-refractivity contribution in [1.82, 2.24) is 4.98 Å². The number of nitrogens with zero attached hydrogens (tertiary/aromatic N) is 2. The van der Waals surface area contributed by atoms with Crippen LogP contribution in [-0.2, 0) is 17.8 Å². The number of anilines is 1. The molecule has 1 amide bonds. The Morgan fingerprint density at radius 2 is 1.93 bits per heavy atom. The highest BCUT2D eigenvalue weighted by Crippen LogP contribution is 2.38. The molecule has 2 aromatic carbocycles. The predicted molar refractivity (Wildman–Crippen MR) is 123 cm³/mol. The average Bonchev–Trinajstić information content (AvgIpc) is 3.20. The minimum Gasteiger partial charge on any atom is -0.479 e. The van der Waals surface area contributed by atoms with Crippen molar-refractivity contribution in [2.45, 2.75) is 59.1 Å². The Morgan fingerprint density at radius 1 is 1.17 bits per heavy atom. The van der Waals surface area contributed by atoms with Gasteiger partial charge in [0, 0.05) is 10.9 Å². The summed E-state index contributed by atoms with van der Waals surface area (Å²) in [7, 11) is 0. The van der Waals surface area contributed by atoms with E-state index in [-0.39, 0.29) is 5.91 Å². The van der Waals surface area contributed by atoms with Gasteiger partial charge in [-0.2, -0.15) is 0 Å². The van der Waals surface area contributed by atoms with E-state index in [0.717, 1.165) is 46.1 Å². The van der Waals surface area contributed by atoms with Crippen LogP contribution in [0.15, 0.2) is 47.8 Å². The SMILES string of the molecule is CCCc1nc(-c2ccc3c(c2)N(Cc2ccc(C(C)C)cc2)C(=O)C(C)O3)cs1. The van der Waals surface area contributed by atoms with Gasteiger partial charge < -0.3 is 9.64 Å². The number of ether oxygens (including phenoxy) is 1. The van der Waals surface area contributed by atoms with E-state index in [1.165, 1.54) is 5.56 Å². The maximum absolute atomic E-state index is 13.0. The number of thiazole rings is 1. The molecule has 1 aliphatic rings. The molecule has 0 radical (unpaired) electrons. The minimum absolute atomic E-state index is 0.0162. The van der Waals surface area contributed by atoms with E-state index < -0.39 is 6.10 Å². The molecule has 4 rings (SSSR count). The second kappa shape index (κ2) is 8.60. The third-order valence-electron chi connectivity index (χ3n) is 5.47. The Kier molecular flexibility index (Phi) is 5.91. The van der Waals surface area contributed by atoms with Gasteiger partial charge in [-0.15, -0.1) is 11.3 Å². The van der Waals surface area contributed by atoms with Crippen LogP contribution in [0.2, 0.25) is 0 Å². The number of hydrogen-bond donors (Lipinski definition) is 0. The molecule has 1 atom stereocenters. The number of carbonyl (C=O) groups excluding carboxylic acids is 1. The summed E-state index contributed by atoms with van der Waals surface area (Å²) in [6, 6.07) is 14.6. The molecule has 0 saturated carbocycles. The lowest BCUT2D eigenvalue weighted by Crippen LogP contribution is -2.44. The molecule has 0 fully saturated rings. The summed E-state index contributed by atoms with van der Waals surface area (Å²) in [6.45, 7) is 8.87. The molecule has 30 heavy (non-hydrogen) atoms. The fourth-order valence-electron chi connectivity index (χ4n) is 3.69. The van der Waals surface area contributed by atoms with Gasteiger partial charge in [-0.1, -0.05) is 45.0 Å². The summed E-state index contributed by atoms with van der Waals surface area (Å²) in [4.78, 5) is 19.6. The topological polar surface area (TPSA) is 42.4 Å². The number of amides is 1. The van der Waals surface area contributed by atoms with Crippen molar-refractivity contribution in [3.8, 4) is 17.0 Å². The summed E-state index contributed by atoms with van der Waals surface area (Å²) in [5, 5.41) is 3.24. The van der Waals surface area contributed by atoms with Gasteiger partial charge in [-0.05, 0) is 55.0 Å². The number of rotatable bonds is 6. The van der Waals surface area contributed by atoms with Crippen molar-refractivity contribution in [2.24, 2.45) is 0 Å². The van der Waals surface area contributed by atoms with Gasteiger partial charge in [0.1, 0.15) is 5.75 Å². The van der Waals surface area contributed by atoms with E-state index in [4.69, 9.17) is 9.72 Å². The van der Waals surface area contributed by atoms with Crippen LogP contribution in [0, 0.1) is 0 Å². The summed E-state index contributed by atoms with van der Waals surface area (Å²) in [5.41, 5.74) is 5.19. The van der Waals surface area contributed by atoms with Gasteiger partial charge in [0.2, 0.25) is 0 Å². The summed E-state index contributed by atoms with van der Waals surface area (Å²) in [6.07, 6.45) is 1.59. The highest BCUT2D eigenvalue weighted by atomic mass is 32.1. The maximum atomic E-state index is 13.0. The smallest absolute Gasteiger partial charge is 0.268 e. The second-order valence-corrected chi connectivity index (χ2v) is 9.08. The Hall–Kier alpha value is -2.66. The molecule has 1 aromatic heterocycles. The van der Waals surface area contributed by atoms with Gasteiger partial charge in [-0.25, -0.2) is 4.98 Å². The largest absolute Gasteiger partial charge is 0.479 e. The van der Waals surface area contributed by atoms with Gasteiger partial charge in [0.05, 0.1) is 22.9 Å². The van der Waals surface area contributed by atoms with Gasteiger partial charge in [-0.3, -0.25) is 4.79 Å². The highest BCUT2D eigenvalue weighted by molar-refractivity contribution is 7.09. The van der Waals surface area contributed by atoms with Gasteiger partial charge in [0.15, 0.2) is 6.10 Å². The first kappa shape index (κ1) is 20.6. The summed E-state index contributed by atoms with van der Waals surface area (Å²) >= 11 is 1.69. The Morgan fingerprint density at radius 3 is 2.63 bits per heavy atom. The molecule has 2 heterocycles. The van der Waals surface area contributed by atoms with Crippen LogP contribution in [0.1, 0.15) is 56.2 Å². The number of aromatic nitrogens is 1. The minimum atomic E-state index is -0.492. The van der Waals surface area contributed by atoms with Crippen molar-refractivity contribution < 1.29 is 9.53 Å². The molecule has 0 bridgehead atoms. The number of aryl methyl sites for hydroxylation is 1. The zero-order valence-electron chi connectivity index (χ0n) is 18.0. The van der Waals surface area contributed by atoms with Crippen LogP contribution in [0.5, 0.6) is 5.75 Å². The van der Waals surface area contributed by atoms with Crippen LogP contribution < -0.4 is 9.64 Å². The van der Waals surface area contributed by atoms with E-state index in [9.17, 15) is 4.79 Å². The van der Waals surface area contributed by atoms with Crippen LogP contribution in [0.3, 0.4) is 0 Å². The van der Waals surface area contributed by atoms with E-state index >= 15 is 0 Å². The molecule has 0 aliphatic carbocycles.